The van der Waals surface area contributed by atoms with Gasteiger partial charge in [-0.25, -0.2) is 0 Å². The number of ether oxygens (including phenoxy) is 2. The second-order valence-electron chi connectivity index (χ2n) is 7.46. The van der Waals surface area contributed by atoms with E-state index in [9.17, 15) is 4.79 Å². The van der Waals surface area contributed by atoms with Gasteiger partial charge in [0, 0.05) is 31.5 Å². The van der Waals surface area contributed by atoms with E-state index in [4.69, 9.17) is 15.2 Å². The van der Waals surface area contributed by atoms with Gasteiger partial charge in [-0.15, -0.1) is 0 Å². The van der Waals surface area contributed by atoms with Crippen molar-refractivity contribution in [2.45, 2.75) is 19.4 Å². The highest BCUT2D eigenvalue weighted by molar-refractivity contribution is 5.95. The van der Waals surface area contributed by atoms with Crippen molar-refractivity contribution in [2.24, 2.45) is 5.73 Å². The van der Waals surface area contributed by atoms with E-state index >= 15 is 0 Å². The van der Waals surface area contributed by atoms with Crippen LogP contribution in [0.1, 0.15) is 27.0 Å². The van der Waals surface area contributed by atoms with Crippen LogP contribution in [0.3, 0.4) is 0 Å². The monoisotopic (exact) mass is 402 g/mol. The summed E-state index contributed by atoms with van der Waals surface area (Å²) >= 11 is 0. The molecule has 0 fully saturated rings. The molecule has 0 atom stereocenters. The molecular formula is C25H26N2O3. The molecule has 2 N–H and O–H groups in total. The van der Waals surface area contributed by atoms with Crippen molar-refractivity contribution in [2.75, 3.05) is 19.8 Å². The van der Waals surface area contributed by atoms with Crippen molar-refractivity contribution < 1.29 is 14.3 Å². The average Bonchev–Trinajstić information content (AvgIpc) is 3.41. The molecule has 2 aromatic carbocycles. The van der Waals surface area contributed by atoms with Crippen molar-refractivity contribution in [1.82, 2.24) is 4.90 Å². The second-order valence-corrected chi connectivity index (χ2v) is 7.46. The summed E-state index contributed by atoms with van der Waals surface area (Å²) in [5, 5.41) is 0. The third kappa shape index (κ3) is 4.25. The van der Waals surface area contributed by atoms with Crippen LogP contribution in [0, 0.1) is 0 Å². The van der Waals surface area contributed by atoms with Crippen LogP contribution in [-0.2, 0) is 19.4 Å². The fourth-order valence-corrected chi connectivity index (χ4v) is 3.92. The Morgan fingerprint density at radius 1 is 1.07 bits per heavy atom. The van der Waals surface area contributed by atoms with Gasteiger partial charge in [-0.05, 0) is 58.8 Å². The summed E-state index contributed by atoms with van der Waals surface area (Å²) in [7, 11) is 0. The first kappa shape index (κ1) is 19.8. The summed E-state index contributed by atoms with van der Waals surface area (Å²) in [5.41, 5.74) is 10.5. The van der Waals surface area contributed by atoms with Crippen LogP contribution in [0.25, 0.3) is 0 Å². The number of fused-ring (bicyclic) bond motifs is 2. The maximum atomic E-state index is 13.5. The summed E-state index contributed by atoms with van der Waals surface area (Å²) in [6.07, 6.45) is 8.60. The molecule has 2 aliphatic rings. The second kappa shape index (κ2) is 8.91. The van der Waals surface area contributed by atoms with Crippen molar-refractivity contribution in [3.05, 3.63) is 95.2 Å². The summed E-state index contributed by atoms with van der Waals surface area (Å²) in [4.78, 5) is 15.3. The molecule has 0 unspecified atom stereocenters. The van der Waals surface area contributed by atoms with Crippen LogP contribution in [0.15, 0.2) is 73.0 Å². The van der Waals surface area contributed by atoms with Gasteiger partial charge in [0.05, 0.1) is 13.2 Å². The molecule has 154 valence electrons. The van der Waals surface area contributed by atoms with Gasteiger partial charge in [-0.2, -0.15) is 0 Å². The van der Waals surface area contributed by atoms with Gasteiger partial charge in [-0.1, -0.05) is 30.9 Å². The molecular weight excluding hydrogens is 376 g/mol. The Kier molecular flexibility index (Phi) is 5.89. The number of allylic oxidation sites excluding steroid dienone is 2. The number of benzene rings is 2. The maximum Gasteiger partial charge on any atom is 0.254 e. The highest BCUT2D eigenvalue weighted by Crippen LogP contribution is 2.28. The van der Waals surface area contributed by atoms with Gasteiger partial charge >= 0.3 is 0 Å². The zero-order valence-corrected chi connectivity index (χ0v) is 17.0. The molecule has 2 aromatic rings. The highest BCUT2D eigenvalue weighted by Gasteiger charge is 2.21. The van der Waals surface area contributed by atoms with Gasteiger partial charge in [0.15, 0.2) is 0 Å². The molecule has 5 heteroatoms. The summed E-state index contributed by atoms with van der Waals surface area (Å²) in [6, 6.07) is 11.8. The van der Waals surface area contributed by atoms with E-state index in [0.717, 1.165) is 41.0 Å². The van der Waals surface area contributed by atoms with E-state index < -0.39 is 0 Å². The zero-order valence-electron chi connectivity index (χ0n) is 17.0. The fourth-order valence-electron chi connectivity index (χ4n) is 3.92. The molecule has 0 spiro atoms. The first-order chi connectivity index (χ1) is 14.7. The number of rotatable bonds is 7. The number of carbonyl (C=O) groups is 1. The number of carbonyl (C=O) groups excluding carboxylic acids is 1. The van der Waals surface area contributed by atoms with E-state index in [1.807, 2.05) is 41.3 Å². The Labute approximate surface area is 177 Å². The van der Waals surface area contributed by atoms with E-state index in [-0.39, 0.29) is 5.91 Å². The highest BCUT2D eigenvalue weighted by atomic mass is 16.5. The van der Waals surface area contributed by atoms with Crippen LogP contribution < -0.4 is 15.2 Å². The lowest BCUT2D eigenvalue weighted by Gasteiger charge is -2.24. The molecule has 0 aliphatic carbocycles. The molecule has 0 saturated heterocycles. The number of amides is 1. The number of hydrogen-bond donors (Lipinski definition) is 1. The fraction of sp³-hybridized carbons (Fsp3) is 0.240. The Bertz CT molecular complexity index is 1020. The van der Waals surface area contributed by atoms with Crippen molar-refractivity contribution in [3.8, 4) is 11.5 Å². The molecule has 0 saturated carbocycles. The van der Waals surface area contributed by atoms with Crippen LogP contribution >= 0.6 is 0 Å². The van der Waals surface area contributed by atoms with Gasteiger partial charge in [-0.3, -0.25) is 4.79 Å². The quantitative estimate of drug-likeness (QED) is 0.716. The third-order valence-corrected chi connectivity index (χ3v) is 5.37. The smallest absolute Gasteiger partial charge is 0.254 e. The third-order valence-electron chi connectivity index (χ3n) is 5.37. The average molecular weight is 402 g/mol. The van der Waals surface area contributed by atoms with Crippen LogP contribution in [0.2, 0.25) is 0 Å². The lowest BCUT2D eigenvalue weighted by molar-refractivity contribution is 0.0759. The molecule has 30 heavy (non-hydrogen) atoms. The molecule has 0 aromatic heterocycles. The van der Waals surface area contributed by atoms with Crippen LogP contribution in [0.5, 0.6) is 11.5 Å². The zero-order chi connectivity index (χ0) is 20.9. The Balaban J connectivity index is 1.63. The van der Waals surface area contributed by atoms with Crippen LogP contribution in [0.4, 0.5) is 0 Å². The molecule has 2 aliphatic heterocycles. The maximum absolute atomic E-state index is 13.5. The van der Waals surface area contributed by atoms with Crippen molar-refractivity contribution in [3.63, 3.8) is 0 Å². The lowest BCUT2D eigenvalue weighted by atomic mass is 10.1. The first-order valence-electron chi connectivity index (χ1n) is 10.2. The lowest BCUT2D eigenvalue weighted by Crippen LogP contribution is -2.32. The minimum absolute atomic E-state index is 0.0261. The topological polar surface area (TPSA) is 64.8 Å². The standard InChI is InChI=1S/C25H26N2O3/c1-2-3-18(8-11-26)16-27(17-19-4-6-23-20(14-19)9-12-29-23)25(28)22-5-7-24-21(15-22)10-13-30-24/h2-8,11,14-15H,1,9-10,12-13,16-17,26H2/b11-8-,18-3+. The van der Waals surface area contributed by atoms with E-state index in [1.54, 1.807) is 12.2 Å². The normalized spacial score (nSPS) is 14.7. The molecule has 1 amide bonds. The summed E-state index contributed by atoms with van der Waals surface area (Å²) in [5.74, 6) is 1.78. The van der Waals surface area contributed by atoms with E-state index in [1.165, 1.54) is 11.8 Å². The van der Waals surface area contributed by atoms with Crippen LogP contribution in [-0.4, -0.2) is 30.6 Å². The van der Waals surface area contributed by atoms with E-state index in [0.29, 0.717) is 31.9 Å². The predicted octanol–water partition coefficient (Wildman–Crippen LogP) is 3.78. The van der Waals surface area contributed by atoms with Gasteiger partial charge in [0.25, 0.3) is 5.91 Å². The minimum atomic E-state index is -0.0261. The van der Waals surface area contributed by atoms with Gasteiger partial charge in [0.2, 0.25) is 0 Å². The van der Waals surface area contributed by atoms with Crippen molar-refractivity contribution >= 4 is 5.91 Å². The molecule has 2 heterocycles. The number of nitrogens with zero attached hydrogens (tertiary/aromatic N) is 1. The predicted molar refractivity (Wildman–Crippen MR) is 118 cm³/mol. The van der Waals surface area contributed by atoms with Crippen molar-refractivity contribution in [1.29, 1.82) is 0 Å². The minimum Gasteiger partial charge on any atom is -0.493 e. The largest absolute Gasteiger partial charge is 0.493 e. The summed E-state index contributed by atoms with van der Waals surface area (Å²) < 4.78 is 11.2. The Morgan fingerprint density at radius 2 is 1.77 bits per heavy atom. The summed E-state index contributed by atoms with van der Waals surface area (Å²) in [6.45, 7) is 6.08. The molecule has 0 bridgehead atoms. The Hall–Kier alpha value is -3.47. The molecule has 0 radical (unpaired) electrons. The molecule has 4 rings (SSSR count). The van der Waals surface area contributed by atoms with Gasteiger partial charge < -0.3 is 20.1 Å². The first-order valence-corrected chi connectivity index (χ1v) is 10.2. The number of nitrogens with two attached hydrogens (primary N) is 1. The SMILES string of the molecule is C=C/C=C(\C=C/N)CN(Cc1ccc2c(c1)CCO2)C(=O)c1ccc2c(c1)CCO2. The number of hydrogen-bond acceptors (Lipinski definition) is 4. The van der Waals surface area contributed by atoms with Gasteiger partial charge in [0.1, 0.15) is 11.5 Å². The molecule has 5 nitrogen and oxygen atoms in total. The Morgan fingerprint density at radius 3 is 2.47 bits per heavy atom. The van der Waals surface area contributed by atoms with E-state index in [2.05, 4.69) is 12.6 Å².